The second-order valence-corrected chi connectivity index (χ2v) is 5.26. The minimum atomic E-state index is 0.292. The number of nitrogen functional groups attached to an aromatic ring is 1. The number of H-pyrrole nitrogens is 1. The topological polar surface area (TPSA) is 68.9 Å². The van der Waals surface area contributed by atoms with E-state index >= 15 is 0 Å². The van der Waals surface area contributed by atoms with Crippen molar-refractivity contribution in [2.75, 3.05) is 12.8 Å². The molecule has 0 aliphatic rings. The van der Waals surface area contributed by atoms with Crippen molar-refractivity contribution in [3.8, 4) is 11.4 Å². The monoisotopic (exact) mass is 378 g/mol. The first-order valence-corrected chi connectivity index (χ1v) is 6.50. The molecule has 2 aromatic rings. The summed E-state index contributed by atoms with van der Waals surface area (Å²) in [5.41, 5.74) is 6.52. The molecule has 0 aliphatic heterocycles. The van der Waals surface area contributed by atoms with Crippen LogP contribution < -0.4 is 10.5 Å². The number of nitrogens with zero attached hydrogens (tertiary/aromatic N) is 2. The van der Waals surface area contributed by atoms with E-state index in [1.807, 2.05) is 12.1 Å². The Bertz CT molecular complexity index is 622. The third-order valence-electron chi connectivity index (χ3n) is 2.16. The number of hydrogen-bond donors (Lipinski definition) is 2. The fourth-order valence-electron chi connectivity index (χ4n) is 1.39. The number of halogens is 2. The zero-order valence-electron chi connectivity index (χ0n) is 8.70. The highest BCUT2D eigenvalue weighted by Gasteiger charge is 2.12. The van der Waals surface area contributed by atoms with E-state index in [-0.39, 0.29) is 0 Å². The van der Waals surface area contributed by atoms with Crippen LogP contribution in [-0.4, -0.2) is 21.9 Å². The summed E-state index contributed by atoms with van der Waals surface area (Å²) in [4.78, 5) is 0. The number of methoxy groups -OCH3 is 1. The van der Waals surface area contributed by atoms with E-state index in [9.17, 15) is 0 Å². The Labute approximate surface area is 119 Å². The molecule has 5 nitrogen and oxygen atoms in total. The molecule has 1 aromatic heterocycles. The summed E-state index contributed by atoms with van der Waals surface area (Å²) in [5, 5.41) is 6.49. The van der Waals surface area contributed by atoms with Gasteiger partial charge in [0.15, 0.2) is 0 Å². The maximum atomic E-state index is 5.75. The molecule has 0 radical (unpaired) electrons. The third kappa shape index (κ3) is 2.24. The smallest absolute Gasteiger partial charge is 0.225 e. The van der Waals surface area contributed by atoms with Crippen LogP contribution in [0.25, 0.3) is 5.69 Å². The molecule has 1 heterocycles. The normalized spacial score (nSPS) is 10.5. The molecule has 17 heavy (non-hydrogen) atoms. The first kappa shape index (κ1) is 12.6. The molecule has 0 atom stereocenters. The van der Waals surface area contributed by atoms with E-state index < -0.39 is 0 Å². The second kappa shape index (κ2) is 4.79. The van der Waals surface area contributed by atoms with Gasteiger partial charge in [-0.2, -0.15) is 0 Å². The van der Waals surface area contributed by atoms with Gasteiger partial charge < -0.3 is 10.5 Å². The van der Waals surface area contributed by atoms with E-state index in [4.69, 9.17) is 22.7 Å². The Balaban J connectivity index is 2.72. The second-order valence-electron chi connectivity index (χ2n) is 3.16. The Hall–Kier alpha value is -0.860. The van der Waals surface area contributed by atoms with Crippen molar-refractivity contribution < 1.29 is 4.74 Å². The predicted molar refractivity (Wildman–Crippen MR) is 75.1 cm³/mol. The van der Waals surface area contributed by atoms with Gasteiger partial charge in [-0.05, 0) is 50.1 Å². The summed E-state index contributed by atoms with van der Waals surface area (Å²) in [6.07, 6.45) is 0. The van der Waals surface area contributed by atoms with Gasteiger partial charge in [-0.1, -0.05) is 0 Å². The van der Waals surface area contributed by atoms with Gasteiger partial charge >= 0.3 is 0 Å². The minimum absolute atomic E-state index is 0.292. The van der Waals surface area contributed by atoms with E-state index in [1.54, 1.807) is 11.7 Å². The lowest BCUT2D eigenvalue weighted by Crippen LogP contribution is -2.02. The SMILES string of the molecule is COc1cc(-n2c(N)n[nH]c2=S)c(Br)cc1Br. The fourth-order valence-corrected chi connectivity index (χ4v) is 2.96. The van der Waals surface area contributed by atoms with Crippen LogP contribution in [0.4, 0.5) is 5.95 Å². The van der Waals surface area contributed by atoms with Crippen LogP contribution in [0.5, 0.6) is 5.75 Å². The van der Waals surface area contributed by atoms with Crippen LogP contribution >= 0.6 is 44.1 Å². The quantitative estimate of drug-likeness (QED) is 0.787. The number of nitrogens with two attached hydrogens (primary N) is 1. The fraction of sp³-hybridized carbons (Fsp3) is 0.111. The predicted octanol–water partition coefficient (Wildman–Crippen LogP) is 3.05. The lowest BCUT2D eigenvalue weighted by molar-refractivity contribution is 0.412. The van der Waals surface area contributed by atoms with E-state index in [1.165, 1.54) is 0 Å². The molecule has 0 unspecified atom stereocenters. The zero-order valence-corrected chi connectivity index (χ0v) is 12.7. The number of benzene rings is 1. The molecule has 0 amide bonds. The van der Waals surface area contributed by atoms with Crippen molar-refractivity contribution in [3.05, 3.63) is 25.8 Å². The van der Waals surface area contributed by atoms with Gasteiger partial charge in [-0.25, -0.2) is 5.10 Å². The summed E-state index contributed by atoms with van der Waals surface area (Å²) in [6.45, 7) is 0. The van der Waals surface area contributed by atoms with Crippen molar-refractivity contribution in [3.63, 3.8) is 0 Å². The highest BCUT2D eigenvalue weighted by Crippen LogP contribution is 2.34. The van der Waals surface area contributed by atoms with E-state index in [2.05, 4.69) is 42.1 Å². The molecule has 90 valence electrons. The van der Waals surface area contributed by atoms with Gasteiger partial charge in [0.1, 0.15) is 5.75 Å². The number of rotatable bonds is 2. The summed E-state index contributed by atoms with van der Waals surface area (Å²) < 4.78 is 8.94. The van der Waals surface area contributed by atoms with Crippen molar-refractivity contribution in [1.82, 2.24) is 14.8 Å². The molecule has 8 heteroatoms. The Morgan fingerprint density at radius 1 is 1.41 bits per heavy atom. The molecule has 0 aliphatic carbocycles. The van der Waals surface area contributed by atoms with Gasteiger partial charge in [-0.3, -0.25) is 4.57 Å². The van der Waals surface area contributed by atoms with Crippen LogP contribution in [0, 0.1) is 4.77 Å². The molecule has 0 saturated heterocycles. The first-order valence-electron chi connectivity index (χ1n) is 4.51. The number of anilines is 1. The molecule has 1 aromatic carbocycles. The number of hydrogen-bond acceptors (Lipinski definition) is 4. The summed E-state index contributed by atoms with van der Waals surface area (Å²) in [6, 6.07) is 3.68. The van der Waals surface area contributed by atoms with Gasteiger partial charge in [0.2, 0.25) is 10.7 Å². The molecular weight excluding hydrogens is 372 g/mol. The average molecular weight is 380 g/mol. The van der Waals surface area contributed by atoms with Crippen molar-refractivity contribution >= 4 is 50.0 Å². The maximum Gasteiger partial charge on any atom is 0.225 e. The van der Waals surface area contributed by atoms with Crippen molar-refractivity contribution in [1.29, 1.82) is 0 Å². The molecule has 0 spiro atoms. The number of nitrogens with one attached hydrogen (secondary N) is 1. The molecular formula is C9H8Br2N4OS. The van der Waals surface area contributed by atoms with Crippen molar-refractivity contribution in [2.24, 2.45) is 0 Å². The van der Waals surface area contributed by atoms with Crippen LogP contribution in [0.15, 0.2) is 21.1 Å². The third-order valence-corrected chi connectivity index (χ3v) is 3.69. The molecule has 0 fully saturated rings. The van der Waals surface area contributed by atoms with Gasteiger partial charge in [0, 0.05) is 10.5 Å². The van der Waals surface area contributed by atoms with Crippen molar-refractivity contribution in [2.45, 2.75) is 0 Å². The minimum Gasteiger partial charge on any atom is -0.495 e. The summed E-state index contributed by atoms with van der Waals surface area (Å²) in [7, 11) is 1.59. The maximum absolute atomic E-state index is 5.75. The average Bonchev–Trinajstić information content (AvgIpc) is 2.60. The van der Waals surface area contributed by atoms with E-state index in [0.717, 1.165) is 14.6 Å². The Morgan fingerprint density at radius 3 is 2.65 bits per heavy atom. The van der Waals surface area contributed by atoms with Crippen LogP contribution in [0.1, 0.15) is 0 Å². The van der Waals surface area contributed by atoms with Gasteiger partial charge in [0.25, 0.3) is 0 Å². The zero-order chi connectivity index (χ0) is 12.6. The first-order chi connectivity index (χ1) is 8.04. The van der Waals surface area contributed by atoms with E-state index in [0.29, 0.717) is 16.5 Å². The van der Waals surface area contributed by atoms with Gasteiger partial charge in [0.05, 0.1) is 17.3 Å². The lowest BCUT2D eigenvalue weighted by Gasteiger charge is -2.10. The highest BCUT2D eigenvalue weighted by molar-refractivity contribution is 9.11. The molecule has 2 rings (SSSR count). The summed E-state index contributed by atoms with van der Waals surface area (Å²) >= 11 is 12.0. The molecule has 0 bridgehead atoms. The number of ether oxygens (including phenoxy) is 1. The molecule has 0 saturated carbocycles. The van der Waals surface area contributed by atoms with Gasteiger partial charge in [-0.15, -0.1) is 5.10 Å². The van der Waals surface area contributed by atoms with Crippen LogP contribution in [-0.2, 0) is 0 Å². The van der Waals surface area contributed by atoms with Crippen LogP contribution in [0.3, 0.4) is 0 Å². The number of aromatic amines is 1. The number of aromatic nitrogens is 3. The standard InChI is InChI=1S/C9H8Br2N4OS/c1-16-7-3-6(4(10)2-5(7)11)15-8(12)13-14-9(15)17/h2-3H,1H3,(H2,12,13)(H,14,17). The Kier molecular flexibility index (Phi) is 3.55. The van der Waals surface area contributed by atoms with Crippen LogP contribution in [0.2, 0.25) is 0 Å². The highest BCUT2D eigenvalue weighted by atomic mass is 79.9. The lowest BCUT2D eigenvalue weighted by atomic mass is 10.3. The molecule has 3 N–H and O–H groups in total. The summed E-state index contributed by atoms with van der Waals surface area (Å²) in [5.74, 6) is 0.978. The Morgan fingerprint density at radius 2 is 2.12 bits per heavy atom. The largest absolute Gasteiger partial charge is 0.495 e.